The lowest BCUT2D eigenvalue weighted by Gasteiger charge is -2.28. The first-order chi connectivity index (χ1) is 7.70. The number of methoxy groups -OCH3 is 1. The average molecular weight is 222 g/mol. The van der Waals surface area contributed by atoms with Gasteiger partial charge in [0, 0.05) is 13.3 Å². The minimum absolute atomic E-state index is 0.0744. The molecule has 0 amide bonds. The van der Waals surface area contributed by atoms with Gasteiger partial charge in [-0.05, 0) is 32.6 Å². The van der Waals surface area contributed by atoms with E-state index in [1.807, 2.05) is 10.9 Å². The molecule has 2 atom stereocenters. The van der Waals surface area contributed by atoms with Crippen LogP contribution in [0, 0.1) is 0 Å². The zero-order valence-electron chi connectivity index (χ0n) is 9.85. The molecule has 16 heavy (non-hydrogen) atoms. The third-order valence-corrected chi connectivity index (χ3v) is 3.31. The van der Waals surface area contributed by atoms with Gasteiger partial charge in [-0.1, -0.05) is 0 Å². The maximum absolute atomic E-state index is 11.2. The quantitative estimate of drug-likeness (QED) is 0.736. The lowest BCUT2D eigenvalue weighted by Crippen LogP contribution is -2.24. The molecule has 0 aliphatic heterocycles. The van der Waals surface area contributed by atoms with E-state index in [0.717, 1.165) is 19.3 Å². The maximum atomic E-state index is 11.2. The van der Waals surface area contributed by atoms with Crippen molar-refractivity contribution in [2.24, 2.45) is 0 Å². The Morgan fingerprint density at radius 3 is 3.00 bits per heavy atom. The summed E-state index contributed by atoms with van der Waals surface area (Å²) in [6.45, 7) is 1.57. The summed E-state index contributed by atoms with van der Waals surface area (Å²) in [5.41, 5.74) is 0.694. The van der Waals surface area contributed by atoms with E-state index in [9.17, 15) is 4.79 Å². The number of carbonyl (C=O) groups excluding carboxylic acids is 1. The molecule has 1 heterocycles. The summed E-state index contributed by atoms with van der Waals surface area (Å²) in [6, 6.07) is 0.381. The fourth-order valence-electron chi connectivity index (χ4n) is 2.29. The van der Waals surface area contributed by atoms with Crippen LogP contribution in [-0.2, 0) is 4.74 Å². The molecule has 1 saturated carbocycles. The van der Waals surface area contributed by atoms with Crippen molar-refractivity contribution in [2.45, 2.75) is 44.8 Å². The van der Waals surface area contributed by atoms with Gasteiger partial charge in [-0.2, -0.15) is 5.10 Å². The molecule has 1 aromatic heterocycles. The van der Waals surface area contributed by atoms with Crippen molar-refractivity contribution in [1.82, 2.24) is 9.78 Å². The zero-order chi connectivity index (χ0) is 11.5. The number of rotatable bonds is 3. The molecule has 0 spiro atoms. The van der Waals surface area contributed by atoms with Crippen molar-refractivity contribution in [2.75, 3.05) is 7.11 Å². The van der Waals surface area contributed by atoms with Gasteiger partial charge in [0.25, 0.3) is 0 Å². The Bertz CT molecular complexity index is 373. The van der Waals surface area contributed by atoms with Gasteiger partial charge in [-0.15, -0.1) is 0 Å². The van der Waals surface area contributed by atoms with Crippen LogP contribution in [0.2, 0.25) is 0 Å². The van der Waals surface area contributed by atoms with Crippen LogP contribution < -0.4 is 0 Å². The van der Waals surface area contributed by atoms with Crippen LogP contribution in [0.15, 0.2) is 12.4 Å². The predicted molar refractivity (Wildman–Crippen MR) is 60.5 cm³/mol. The van der Waals surface area contributed by atoms with Gasteiger partial charge in [0.15, 0.2) is 5.78 Å². The molecule has 88 valence electrons. The maximum Gasteiger partial charge on any atom is 0.162 e. The van der Waals surface area contributed by atoms with E-state index >= 15 is 0 Å². The predicted octanol–water partition coefficient (Wildman–Crippen LogP) is 2.22. The van der Waals surface area contributed by atoms with Gasteiger partial charge in [-0.3, -0.25) is 9.48 Å². The minimum atomic E-state index is 0.0744. The molecule has 1 aliphatic carbocycles. The first-order valence-corrected chi connectivity index (χ1v) is 5.78. The highest BCUT2D eigenvalue weighted by molar-refractivity contribution is 5.93. The summed E-state index contributed by atoms with van der Waals surface area (Å²) in [7, 11) is 1.76. The molecule has 0 aromatic carbocycles. The minimum Gasteiger partial charge on any atom is -0.381 e. The molecule has 1 fully saturated rings. The van der Waals surface area contributed by atoms with Gasteiger partial charge < -0.3 is 4.74 Å². The van der Waals surface area contributed by atoms with Gasteiger partial charge in [-0.25, -0.2) is 0 Å². The summed E-state index contributed by atoms with van der Waals surface area (Å²) in [6.07, 6.45) is 8.26. The van der Waals surface area contributed by atoms with Crippen LogP contribution in [0.5, 0.6) is 0 Å². The van der Waals surface area contributed by atoms with Crippen LogP contribution in [-0.4, -0.2) is 28.8 Å². The Labute approximate surface area is 95.6 Å². The highest BCUT2D eigenvalue weighted by atomic mass is 16.5. The van der Waals surface area contributed by atoms with Crippen LogP contribution in [0.3, 0.4) is 0 Å². The number of hydrogen-bond donors (Lipinski definition) is 0. The second-order valence-corrected chi connectivity index (χ2v) is 4.44. The Morgan fingerprint density at radius 1 is 1.56 bits per heavy atom. The number of aromatic nitrogens is 2. The summed E-state index contributed by atoms with van der Waals surface area (Å²) in [5.74, 6) is 0.0744. The van der Waals surface area contributed by atoms with E-state index in [1.165, 1.54) is 6.42 Å². The number of ketones is 1. The van der Waals surface area contributed by atoms with Crippen LogP contribution in [0.4, 0.5) is 0 Å². The summed E-state index contributed by atoms with van der Waals surface area (Å²) < 4.78 is 7.31. The van der Waals surface area contributed by atoms with Gasteiger partial charge in [0.05, 0.1) is 23.9 Å². The van der Waals surface area contributed by atoms with Crippen LogP contribution >= 0.6 is 0 Å². The molecular formula is C12H18N2O2. The molecule has 1 aliphatic rings. The highest BCUT2D eigenvalue weighted by Gasteiger charge is 2.23. The first-order valence-electron chi connectivity index (χ1n) is 5.78. The number of carbonyl (C=O) groups is 1. The molecule has 2 unspecified atom stereocenters. The van der Waals surface area contributed by atoms with Crippen molar-refractivity contribution in [1.29, 1.82) is 0 Å². The topological polar surface area (TPSA) is 44.1 Å². The fraction of sp³-hybridized carbons (Fsp3) is 0.667. The standard InChI is InChI=1S/C12H18N2O2/c1-9(15)10-7-13-14(8-10)11-4-3-5-12(6-11)16-2/h7-8,11-12H,3-6H2,1-2H3. The molecular weight excluding hydrogens is 204 g/mol. The third kappa shape index (κ3) is 2.32. The van der Waals surface area contributed by atoms with E-state index in [4.69, 9.17) is 4.74 Å². The number of nitrogens with zero attached hydrogens (tertiary/aromatic N) is 2. The largest absolute Gasteiger partial charge is 0.381 e. The highest BCUT2D eigenvalue weighted by Crippen LogP contribution is 2.29. The van der Waals surface area contributed by atoms with E-state index in [2.05, 4.69) is 5.10 Å². The lowest BCUT2D eigenvalue weighted by atomic mass is 9.93. The van der Waals surface area contributed by atoms with Crippen molar-refractivity contribution < 1.29 is 9.53 Å². The number of Topliss-reactive ketones (excluding diaryl/α,β-unsaturated/α-hetero) is 1. The van der Waals surface area contributed by atoms with Crippen molar-refractivity contribution in [3.8, 4) is 0 Å². The summed E-state index contributed by atoms with van der Waals surface area (Å²) in [5, 5.41) is 4.27. The molecule has 0 N–H and O–H groups in total. The van der Waals surface area contributed by atoms with E-state index < -0.39 is 0 Å². The molecule has 2 rings (SSSR count). The molecule has 4 heteroatoms. The monoisotopic (exact) mass is 222 g/mol. The fourth-order valence-corrected chi connectivity index (χ4v) is 2.29. The normalized spacial score (nSPS) is 25.6. The molecule has 0 radical (unpaired) electrons. The number of ether oxygens (including phenoxy) is 1. The van der Waals surface area contributed by atoms with Crippen molar-refractivity contribution >= 4 is 5.78 Å². The first kappa shape index (κ1) is 11.3. The van der Waals surface area contributed by atoms with E-state index in [1.54, 1.807) is 20.2 Å². The van der Waals surface area contributed by atoms with E-state index in [0.29, 0.717) is 17.7 Å². The zero-order valence-corrected chi connectivity index (χ0v) is 9.85. The molecule has 0 bridgehead atoms. The SMILES string of the molecule is COC1CCCC(n2cc(C(C)=O)cn2)C1. The van der Waals surface area contributed by atoms with Gasteiger partial charge in [0.1, 0.15) is 0 Å². The Kier molecular flexibility index (Phi) is 3.39. The van der Waals surface area contributed by atoms with Crippen LogP contribution in [0.1, 0.15) is 49.0 Å². The second-order valence-electron chi connectivity index (χ2n) is 4.44. The third-order valence-electron chi connectivity index (χ3n) is 3.31. The molecule has 4 nitrogen and oxygen atoms in total. The van der Waals surface area contributed by atoms with Crippen molar-refractivity contribution in [3.05, 3.63) is 18.0 Å². The smallest absolute Gasteiger partial charge is 0.162 e. The molecule has 1 aromatic rings. The average Bonchev–Trinajstić information content (AvgIpc) is 2.78. The molecule has 0 saturated heterocycles. The van der Waals surface area contributed by atoms with Crippen molar-refractivity contribution in [3.63, 3.8) is 0 Å². The Balaban J connectivity index is 2.08. The van der Waals surface area contributed by atoms with Gasteiger partial charge >= 0.3 is 0 Å². The Morgan fingerprint density at radius 2 is 2.38 bits per heavy atom. The number of hydrogen-bond acceptors (Lipinski definition) is 3. The lowest BCUT2D eigenvalue weighted by molar-refractivity contribution is 0.0508. The summed E-state index contributed by atoms with van der Waals surface area (Å²) in [4.78, 5) is 11.2. The second kappa shape index (κ2) is 4.78. The Hall–Kier alpha value is -1.16. The van der Waals surface area contributed by atoms with E-state index in [-0.39, 0.29) is 5.78 Å². The van der Waals surface area contributed by atoms with Crippen LogP contribution in [0.25, 0.3) is 0 Å². The summed E-state index contributed by atoms with van der Waals surface area (Å²) >= 11 is 0. The van der Waals surface area contributed by atoms with Gasteiger partial charge in [0.2, 0.25) is 0 Å².